The molecule has 2 nitrogen and oxygen atoms in total. The first kappa shape index (κ1) is 10.2. The molecular weight excluding hydrogens is 186 g/mol. The van der Waals surface area contributed by atoms with Crippen LogP contribution in [0.2, 0.25) is 0 Å². The van der Waals surface area contributed by atoms with E-state index in [1.54, 1.807) is 0 Å². The third-order valence-electron chi connectivity index (χ3n) is 2.93. The number of pyridine rings is 1. The molecule has 0 saturated carbocycles. The number of aromatic nitrogens is 1. The van der Waals surface area contributed by atoms with E-state index in [1.165, 1.54) is 10.9 Å². The summed E-state index contributed by atoms with van der Waals surface area (Å²) in [4.78, 5) is 4.48. The Kier molecular flexibility index (Phi) is 2.29. The van der Waals surface area contributed by atoms with E-state index in [1.807, 2.05) is 13.8 Å². The predicted molar refractivity (Wildman–Crippen MR) is 62.3 cm³/mol. The molecule has 2 rings (SSSR count). The van der Waals surface area contributed by atoms with Crippen LogP contribution in [-0.4, -0.2) is 4.98 Å². The molecule has 0 aliphatic carbocycles. The summed E-state index contributed by atoms with van der Waals surface area (Å²) in [5, 5.41) is 1.21. The van der Waals surface area contributed by atoms with Gasteiger partial charge in [-0.2, -0.15) is 0 Å². The van der Waals surface area contributed by atoms with Gasteiger partial charge in [-0.1, -0.05) is 13.8 Å². The van der Waals surface area contributed by atoms with Crippen molar-refractivity contribution in [3.8, 4) is 0 Å². The molecular formula is C13H17NO. The monoisotopic (exact) mass is 203 g/mol. The zero-order valence-electron chi connectivity index (χ0n) is 10.0. The Balaban J connectivity index is 2.80. The molecule has 0 saturated heterocycles. The Labute approximate surface area is 90.3 Å². The summed E-state index contributed by atoms with van der Waals surface area (Å²) in [6, 6.07) is 2.15. The van der Waals surface area contributed by atoms with Crippen LogP contribution in [0.4, 0.5) is 0 Å². The first-order valence-electron chi connectivity index (χ1n) is 5.38. The van der Waals surface area contributed by atoms with Gasteiger partial charge in [0.25, 0.3) is 0 Å². The highest BCUT2D eigenvalue weighted by Gasteiger charge is 2.13. The van der Waals surface area contributed by atoms with Gasteiger partial charge in [0.15, 0.2) is 5.58 Å². The molecule has 0 radical (unpaired) electrons. The topological polar surface area (TPSA) is 26.0 Å². The van der Waals surface area contributed by atoms with Crippen LogP contribution in [0.5, 0.6) is 0 Å². The predicted octanol–water partition coefficient (Wildman–Crippen LogP) is 3.88. The highest BCUT2D eigenvalue weighted by atomic mass is 16.3. The summed E-state index contributed by atoms with van der Waals surface area (Å²) in [7, 11) is 0. The third-order valence-corrected chi connectivity index (χ3v) is 2.93. The fraction of sp³-hybridized carbons (Fsp3) is 0.462. The maximum absolute atomic E-state index is 5.83. The van der Waals surface area contributed by atoms with Gasteiger partial charge in [-0.25, -0.2) is 0 Å². The summed E-state index contributed by atoms with van der Waals surface area (Å²) in [6.07, 6.45) is 0. The van der Waals surface area contributed by atoms with E-state index in [4.69, 9.17) is 4.42 Å². The molecule has 0 unspecified atom stereocenters. The molecule has 0 aromatic carbocycles. The minimum atomic E-state index is 0.427. The van der Waals surface area contributed by atoms with E-state index in [9.17, 15) is 0 Å². The normalized spacial score (nSPS) is 11.6. The Morgan fingerprint density at radius 1 is 1.13 bits per heavy atom. The van der Waals surface area contributed by atoms with Gasteiger partial charge in [-0.15, -0.1) is 0 Å². The van der Waals surface area contributed by atoms with Crippen molar-refractivity contribution in [2.75, 3.05) is 0 Å². The van der Waals surface area contributed by atoms with Crippen LogP contribution >= 0.6 is 0 Å². The van der Waals surface area contributed by atoms with Crippen molar-refractivity contribution in [1.82, 2.24) is 4.98 Å². The Hall–Kier alpha value is -1.31. The second-order valence-electron chi connectivity index (χ2n) is 4.45. The fourth-order valence-electron chi connectivity index (χ4n) is 1.82. The molecule has 0 aliphatic rings. The molecule has 0 amide bonds. The average Bonchev–Trinajstić information content (AvgIpc) is 2.59. The van der Waals surface area contributed by atoms with Crippen molar-refractivity contribution in [2.45, 2.75) is 40.5 Å². The number of aryl methyl sites for hydroxylation is 3. The van der Waals surface area contributed by atoms with Crippen molar-refractivity contribution >= 4 is 11.0 Å². The minimum absolute atomic E-state index is 0.427. The van der Waals surface area contributed by atoms with Crippen molar-refractivity contribution < 1.29 is 4.42 Å². The summed E-state index contributed by atoms with van der Waals surface area (Å²) < 4.78 is 5.83. The third kappa shape index (κ3) is 1.54. The maximum Gasteiger partial charge on any atom is 0.155 e. The standard InChI is InChI=1S/C13H17NO/c1-7(2)12-6-11-8(3)9(4)14-10(5)13(11)15-12/h6-7H,1-5H3. The highest BCUT2D eigenvalue weighted by Crippen LogP contribution is 2.29. The minimum Gasteiger partial charge on any atom is -0.459 e. The molecule has 0 spiro atoms. The Morgan fingerprint density at radius 3 is 2.40 bits per heavy atom. The molecule has 2 heteroatoms. The van der Waals surface area contributed by atoms with E-state index in [-0.39, 0.29) is 0 Å². The van der Waals surface area contributed by atoms with Crippen LogP contribution < -0.4 is 0 Å². The lowest BCUT2D eigenvalue weighted by Crippen LogP contribution is -1.90. The van der Waals surface area contributed by atoms with Gasteiger partial charge in [-0.05, 0) is 32.4 Å². The van der Waals surface area contributed by atoms with Gasteiger partial charge in [0, 0.05) is 17.0 Å². The van der Waals surface area contributed by atoms with Crippen LogP contribution in [0.25, 0.3) is 11.0 Å². The molecule has 2 aromatic rings. The average molecular weight is 203 g/mol. The van der Waals surface area contributed by atoms with Gasteiger partial charge in [0.05, 0.1) is 5.69 Å². The molecule has 2 aromatic heterocycles. The summed E-state index contributed by atoms with van der Waals surface area (Å²) in [5.41, 5.74) is 4.25. The lowest BCUT2D eigenvalue weighted by atomic mass is 10.1. The second kappa shape index (κ2) is 3.37. The second-order valence-corrected chi connectivity index (χ2v) is 4.45. The summed E-state index contributed by atoms with van der Waals surface area (Å²) in [6.45, 7) is 10.4. The largest absolute Gasteiger partial charge is 0.459 e. The van der Waals surface area contributed by atoms with Gasteiger partial charge < -0.3 is 4.42 Å². The van der Waals surface area contributed by atoms with Crippen LogP contribution in [0.15, 0.2) is 10.5 Å². The zero-order valence-corrected chi connectivity index (χ0v) is 10.0. The molecule has 15 heavy (non-hydrogen) atoms. The van der Waals surface area contributed by atoms with E-state index < -0.39 is 0 Å². The van der Waals surface area contributed by atoms with Crippen molar-refractivity contribution in [2.24, 2.45) is 0 Å². The first-order chi connectivity index (χ1) is 7.00. The van der Waals surface area contributed by atoms with Crippen LogP contribution in [0, 0.1) is 20.8 Å². The quantitative estimate of drug-likeness (QED) is 0.703. The van der Waals surface area contributed by atoms with Crippen molar-refractivity contribution in [1.29, 1.82) is 0 Å². The number of furan rings is 1. The summed E-state index contributed by atoms with van der Waals surface area (Å²) in [5.74, 6) is 1.47. The number of nitrogens with zero attached hydrogens (tertiary/aromatic N) is 1. The molecule has 0 bridgehead atoms. The maximum atomic E-state index is 5.83. The van der Waals surface area contributed by atoms with Crippen LogP contribution in [0.3, 0.4) is 0 Å². The Morgan fingerprint density at radius 2 is 1.80 bits per heavy atom. The summed E-state index contributed by atoms with van der Waals surface area (Å²) >= 11 is 0. The van der Waals surface area contributed by atoms with Crippen molar-refractivity contribution in [3.05, 3.63) is 28.8 Å². The van der Waals surface area contributed by atoms with Gasteiger partial charge in [-0.3, -0.25) is 4.98 Å². The number of rotatable bonds is 1. The lowest BCUT2D eigenvalue weighted by molar-refractivity contribution is 0.519. The van der Waals surface area contributed by atoms with E-state index in [0.29, 0.717) is 5.92 Å². The Bertz CT molecular complexity index is 509. The lowest BCUT2D eigenvalue weighted by Gasteiger charge is -2.01. The fourth-order valence-corrected chi connectivity index (χ4v) is 1.82. The SMILES string of the molecule is Cc1nc(C)c2oc(C(C)C)cc2c1C. The molecule has 80 valence electrons. The molecule has 0 aliphatic heterocycles. The zero-order chi connectivity index (χ0) is 11.2. The van der Waals surface area contributed by atoms with E-state index in [0.717, 1.165) is 22.7 Å². The smallest absolute Gasteiger partial charge is 0.155 e. The molecule has 0 atom stereocenters. The van der Waals surface area contributed by atoms with Gasteiger partial charge in [0.1, 0.15) is 5.76 Å². The first-order valence-corrected chi connectivity index (χ1v) is 5.38. The van der Waals surface area contributed by atoms with Crippen LogP contribution in [-0.2, 0) is 0 Å². The van der Waals surface area contributed by atoms with Crippen LogP contribution in [0.1, 0.15) is 42.5 Å². The molecule has 2 heterocycles. The van der Waals surface area contributed by atoms with Gasteiger partial charge in [0.2, 0.25) is 0 Å². The van der Waals surface area contributed by atoms with E-state index in [2.05, 4.69) is 31.8 Å². The number of hydrogen-bond donors (Lipinski definition) is 0. The highest BCUT2D eigenvalue weighted by molar-refractivity contribution is 5.83. The molecule has 0 fully saturated rings. The number of fused-ring (bicyclic) bond motifs is 1. The molecule has 0 N–H and O–H groups in total. The van der Waals surface area contributed by atoms with Crippen molar-refractivity contribution in [3.63, 3.8) is 0 Å². The van der Waals surface area contributed by atoms with Gasteiger partial charge >= 0.3 is 0 Å². The number of hydrogen-bond acceptors (Lipinski definition) is 2. The van der Waals surface area contributed by atoms with E-state index >= 15 is 0 Å².